The molecule has 1 amide bonds. The first-order valence-electron chi connectivity index (χ1n) is 12.8. The molecule has 4 aromatic rings. The quantitative estimate of drug-likeness (QED) is 0.271. The van der Waals surface area contributed by atoms with Gasteiger partial charge in [0.1, 0.15) is 11.9 Å². The van der Waals surface area contributed by atoms with Gasteiger partial charge in [0.05, 0.1) is 0 Å². The molecule has 5 rings (SSSR count). The number of carbonyl (C=O) groups is 1. The molecule has 1 aliphatic carbocycles. The van der Waals surface area contributed by atoms with Crippen LogP contribution in [0.25, 0.3) is 5.69 Å². The molecule has 1 saturated carbocycles. The van der Waals surface area contributed by atoms with Crippen LogP contribution in [0.1, 0.15) is 49.5 Å². The van der Waals surface area contributed by atoms with E-state index in [1.54, 1.807) is 24.3 Å². The Balaban J connectivity index is 1.46. The van der Waals surface area contributed by atoms with Crippen molar-refractivity contribution < 1.29 is 18.7 Å². The Hall–Kier alpha value is -4.22. The van der Waals surface area contributed by atoms with Crippen molar-refractivity contribution in [2.75, 3.05) is 4.90 Å². The van der Waals surface area contributed by atoms with E-state index in [4.69, 9.17) is 0 Å². The van der Waals surface area contributed by atoms with E-state index < -0.39 is 35.3 Å². The Bertz CT molecular complexity index is 1480. The van der Waals surface area contributed by atoms with Crippen LogP contribution in [0.5, 0.6) is 0 Å². The van der Waals surface area contributed by atoms with Gasteiger partial charge >= 0.3 is 11.7 Å². The molecule has 11 heteroatoms. The Kier molecular flexibility index (Phi) is 7.89. The van der Waals surface area contributed by atoms with Crippen molar-refractivity contribution in [3.05, 3.63) is 106 Å². The molecule has 1 aliphatic rings. The number of aromatic nitrogens is 4. The standard InChI is InChI=1S/C28H28F2N6O3/c29-23-15-8-16-24(30)25(23)35-28(39)36(33-32-35)27(38)34(21-12-5-2-6-13-21)22-14-7-11-20(17-22)26(37)31-18-19-9-3-1-4-10-19/h1,3-4,7-11,14-17,21,26,31,37H,2,5-6,12-13,18H2. The molecule has 39 heavy (non-hydrogen) atoms. The molecule has 1 aromatic heterocycles. The topological polar surface area (TPSA) is 105 Å². The van der Waals surface area contributed by atoms with Crippen LogP contribution in [0.2, 0.25) is 0 Å². The van der Waals surface area contributed by atoms with Crippen LogP contribution < -0.4 is 15.9 Å². The first-order chi connectivity index (χ1) is 18.9. The number of aliphatic hydroxyl groups is 1. The monoisotopic (exact) mass is 534 g/mol. The first kappa shape index (κ1) is 26.4. The van der Waals surface area contributed by atoms with Gasteiger partial charge < -0.3 is 5.11 Å². The maximum atomic E-state index is 14.3. The van der Waals surface area contributed by atoms with Gasteiger partial charge in [-0.3, -0.25) is 10.2 Å². The van der Waals surface area contributed by atoms with Gasteiger partial charge in [-0.2, -0.15) is 4.68 Å². The normalized spacial score (nSPS) is 14.7. The lowest BCUT2D eigenvalue weighted by molar-refractivity contribution is 0.137. The Morgan fingerprint density at radius 2 is 1.67 bits per heavy atom. The molecule has 9 nitrogen and oxygen atoms in total. The zero-order valence-corrected chi connectivity index (χ0v) is 21.1. The molecule has 0 spiro atoms. The number of hydrogen-bond acceptors (Lipinski definition) is 6. The van der Waals surface area contributed by atoms with E-state index in [1.807, 2.05) is 30.3 Å². The highest BCUT2D eigenvalue weighted by atomic mass is 19.1. The smallest absolute Gasteiger partial charge is 0.374 e. The molecule has 0 radical (unpaired) electrons. The number of carbonyl (C=O) groups excluding carboxylic acids is 1. The average Bonchev–Trinajstić information content (AvgIpc) is 3.33. The van der Waals surface area contributed by atoms with Crippen LogP contribution in [-0.4, -0.2) is 37.0 Å². The summed E-state index contributed by atoms with van der Waals surface area (Å²) in [6.45, 7) is 0.433. The van der Waals surface area contributed by atoms with Crippen molar-refractivity contribution in [3.8, 4) is 5.69 Å². The number of anilines is 1. The van der Waals surface area contributed by atoms with Crippen LogP contribution in [0.15, 0.2) is 77.6 Å². The van der Waals surface area contributed by atoms with Crippen LogP contribution in [0.3, 0.4) is 0 Å². The maximum Gasteiger partial charge on any atom is 0.377 e. The first-order valence-corrected chi connectivity index (χ1v) is 12.8. The van der Waals surface area contributed by atoms with Crippen molar-refractivity contribution in [3.63, 3.8) is 0 Å². The molecule has 3 aromatic carbocycles. The third kappa shape index (κ3) is 5.64. The van der Waals surface area contributed by atoms with Gasteiger partial charge in [0.2, 0.25) is 0 Å². The van der Waals surface area contributed by atoms with Crippen LogP contribution in [-0.2, 0) is 6.54 Å². The van der Waals surface area contributed by atoms with Gasteiger partial charge in [0.15, 0.2) is 11.6 Å². The number of tetrazole rings is 1. The second-order valence-corrected chi connectivity index (χ2v) is 9.46. The number of hydrogen-bond donors (Lipinski definition) is 2. The number of amides is 1. The summed E-state index contributed by atoms with van der Waals surface area (Å²) in [4.78, 5) is 28.3. The third-order valence-corrected chi connectivity index (χ3v) is 6.86. The number of rotatable bonds is 7. The summed E-state index contributed by atoms with van der Waals surface area (Å²) in [7, 11) is 0. The average molecular weight is 535 g/mol. The summed E-state index contributed by atoms with van der Waals surface area (Å²) in [6, 6.07) is 18.6. The molecular formula is C28H28F2N6O3. The summed E-state index contributed by atoms with van der Waals surface area (Å²) in [6.07, 6.45) is 3.23. The minimum Gasteiger partial charge on any atom is -0.374 e. The van der Waals surface area contributed by atoms with E-state index in [0.29, 0.717) is 40.0 Å². The fourth-order valence-corrected chi connectivity index (χ4v) is 4.89. The van der Waals surface area contributed by atoms with Crippen LogP contribution in [0, 0.1) is 11.6 Å². The van der Waals surface area contributed by atoms with Crippen molar-refractivity contribution in [1.29, 1.82) is 0 Å². The lowest BCUT2D eigenvalue weighted by Gasteiger charge is -2.34. The van der Waals surface area contributed by atoms with Crippen LogP contribution >= 0.6 is 0 Å². The number of benzene rings is 3. The zero-order valence-electron chi connectivity index (χ0n) is 21.1. The lowest BCUT2D eigenvalue weighted by atomic mass is 9.94. The van der Waals surface area contributed by atoms with E-state index in [0.717, 1.165) is 43.0 Å². The van der Waals surface area contributed by atoms with E-state index in [9.17, 15) is 23.5 Å². The summed E-state index contributed by atoms with van der Waals surface area (Å²) in [5.41, 5.74) is 0.191. The molecule has 1 fully saturated rings. The zero-order chi connectivity index (χ0) is 27.4. The van der Waals surface area contributed by atoms with Gasteiger partial charge in [0, 0.05) is 18.3 Å². The van der Waals surface area contributed by atoms with Gasteiger partial charge in [0.25, 0.3) is 0 Å². The minimum absolute atomic E-state index is 0.238. The fourth-order valence-electron chi connectivity index (χ4n) is 4.89. The minimum atomic E-state index is -1.09. The summed E-state index contributed by atoms with van der Waals surface area (Å²) < 4.78 is 29.6. The second-order valence-electron chi connectivity index (χ2n) is 9.46. The Morgan fingerprint density at radius 1 is 0.974 bits per heavy atom. The van der Waals surface area contributed by atoms with Crippen molar-refractivity contribution in [2.24, 2.45) is 0 Å². The highest BCUT2D eigenvalue weighted by Crippen LogP contribution is 2.29. The van der Waals surface area contributed by atoms with Crippen molar-refractivity contribution in [2.45, 2.75) is 50.9 Å². The van der Waals surface area contributed by atoms with E-state index in [2.05, 4.69) is 15.7 Å². The van der Waals surface area contributed by atoms with Gasteiger partial charge in [-0.05, 0) is 58.7 Å². The van der Waals surface area contributed by atoms with E-state index >= 15 is 0 Å². The highest BCUT2D eigenvalue weighted by Gasteiger charge is 2.31. The summed E-state index contributed by atoms with van der Waals surface area (Å²) in [5.74, 6) is -2.02. The molecule has 1 heterocycles. The van der Waals surface area contributed by atoms with Crippen LogP contribution in [0.4, 0.5) is 19.3 Å². The number of nitrogens with zero attached hydrogens (tertiary/aromatic N) is 5. The Morgan fingerprint density at radius 3 is 2.38 bits per heavy atom. The number of halogens is 2. The summed E-state index contributed by atoms with van der Waals surface area (Å²) >= 11 is 0. The molecule has 0 aliphatic heterocycles. The van der Waals surface area contributed by atoms with Crippen molar-refractivity contribution >= 4 is 11.7 Å². The number of para-hydroxylation sites is 1. The van der Waals surface area contributed by atoms with Gasteiger partial charge in [-0.1, -0.05) is 67.8 Å². The predicted molar refractivity (Wildman–Crippen MR) is 140 cm³/mol. The molecule has 202 valence electrons. The number of aliphatic hydroxyl groups excluding tert-OH is 1. The van der Waals surface area contributed by atoms with E-state index in [-0.39, 0.29) is 6.04 Å². The van der Waals surface area contributed by atoms with Gasteiger partial charge in [-0.15, -0.1) is 4.68 Å². The maximum absolute atomic E-state index is 14.3. The van der Waals surface area contributed by atoms with Gasteiger partial charge in [-0.25, -0.2) is 18.4 Å². The SMILES string of the molecule is O=C(N(c1cccc(C(O)NCc2ccccc2)c1)C1CCCCC1)n1nnn(-c2c(F)cccc2F)c1=O. The molecule has 1 atom stereocenters. The second kappa shape index (κ2) is 11.7. The molecule has 1 unspecified atom stereocenters. The molecular weight excluding hydrogens is 506 g/mol. The third-order valence-electron chi connectivity index (χ3n) is 6.86. The Labute approximate surface area is 223 Å². The predicted octanol–water partition coefficient (Wildman–Crippen LogP) is 4.30. The highest BCUT2D eigenvalue weighted by molar-refractivity contribution is 5.93. The largest absolute Gasteiger partial charge is 0.377 e. The lowest BCUT2D eigenvalue weighted by Crippen LogP contribution is -2.47. The van der Waals surface area contributed by atoms with Crippen molar-refractivity contribution in [1.82, 2.24) is 25.1 Å². The van der Waals surface area contributed by atoms with E-state index in [1.165, 1.54) is 4.90 Å². The fraction of sp³-hybridized carbons (Fsp3) is 0.286. The molecule has 2 N–H and O–H groups in total. The number of nitrogens with one attached hydrogen (secondary N) is 1. The molecule has 0 saturated heterocycles. The molecule has 0 bridgehead atoms. The summed E-state index contributed by atoms with van der Waals surface area (Å²) in [5, 5.41) is 21.1.